The average molecular weight is 671 g/mol. The Balaban J connectivity index is 1.23. The number of furan rings is 1. The van der Waals surface area contributed by atoms with Crippen molar-refractivity contribution in [3.8, 4) is 39.9 Å². The van der Waals surface area contributed by atoms with Crippen molar-refractivity contribution in [2.75, 3.05) is 0 Å². The van der Waals surface area contributed by atoms with Gasteiger partial charge in [-0.15, -0.1) is 11.3 Å². The number of hydrogen-bond acceptors (Lipinski definition) is 5. The normalized spacial score (nSPS) is 11.9. The van der Waals surface area contributed by atoms with Crippen LogP contribution in [0.2, 0.25) is 0 Å². The van der Waals surface area contributed by atoms with Crippen LogP contribution in [-0.2, 0) is 0 Å². The highest BCUT2D eigenvalue weighted by Gasteiger charge is 2.24. The molecule has 11 aromatic rings. The fraction of sp³-hybridized carbons (Fsp3) is 0. The lowest BCUT2D eigenvalue weighted by atomic mass is 10.0. The number of aromatic nitrogens is 4. The highest BCUT2D eigenvalue weighted by Crippen LogP contribution is 2.46. The molecule has 0 amide bonds. The third-order valence-electron chi connectivity index (χ3n) is 9.87. The number of rotatable bonds is 4. The standard InChI is InChI=1S/C45H26N4OS/c1-3-13-27(14-4-1)43-46-44(28-15-5-2-6-16-28)48-45(47-43)33-24-26-36(41-39(33)32-19-8-11-21-37(32)50-41)49-34-20-10-7-18-31(34)40-35(49)25-23-30-29-17-9-12-22-38(29)51-42(30)40/h1-26H. The molecule has 6 heteroatoms. The van der Waals surface area contributed by atoms with Crippen LogP contribution in [0.15, 0.2) is 162 Å². The largest absolute Gasteiger partial charge is 0.454 e. The summed E-state index contributed by atoms with van der Waals surface area (Å²) in [5.41, 5.74) is 7.60. The van der Waals surface area contributed by atoms with Gasteiger partial charge in [0, 0.05) is 58.4 Å². The van der Waals surface area contributed by atoms with E-state index in [4.69, 9.17) is 19.4 Å². The van der Waals surface area contributed by atoms with Gasteiger partial charge in [0.15, 0.2) is 23.1 Å². The Kier molecular flexibility index (Phi) is 6.05. The second-order valence-corrected chi connectivity index (χ2v) is 13.8. The van der Waals surface area contributed by atoms with Crippen molar-refractivity contribution in [2.45, 2.75) is 0 Å². The molecule has 0 saturated heterocycles. The molecule has 0 saturated carbocycles. The molecule has 0 aliphatic rings. The van der Waals surface area contributed by atoms with E-state index in [1.54, 1.807) is 0 Å². The Morgan fingerprint density at radius 2 is 1.08 bits per heavy atom. The van der Waals surface area contributed by atoms with Crippen molar-refractivity contribution in [1.82, 2.24) is 19.5 Å². The van der Waals surface area contributed by atoms with Crippen LogP contribution in [0.5, 0.6) is 0 Å². The van der Waals surface area contributed by atoms with Crippen LogP contribution in [0.3, 0.4) is 0 Å². The van der Waals surface area contributed by atoms with Crippen LogP contribution < -0.4 is 0 Å². The van der Waals surface area contributed by atoms with Crippen LogP contribution in [0, 0.1) is 0 Å². The summed E-state index contributed by atoms with van der Waals surface area (Å²) < 4.78 is 11.8. The monoisotopic (exact) mass is 670 g/mol. The summed E-state index contributed by atoms with van der Waals surface area (Å²) in [6.45, 7) is 0. The molecule has 4 aromatic heterocycles. The van der Waals surface area contributed by atoms with E-state index in [9.17, 15) is 0 Å². The predicted molar refractivity (Wildman–Crippen MR) is 211 cm³/mol. The van der Waals surface area contributed by atoms with E-state index in [0.29, 0.717) is 17.5 Å². The number of thiophene rings is 1. The lowest BCUT2D eigenvalue weighted by Crippen LogP contribution is -2.01. The van der Waals surface area contributed by atoms with Gasteiger partial charge >= 0.3 is 0 Å². The number of hydrogen-bond donors (Lipinski definition) is 0. The predicted octanol–water partition coefficient (Wildman–Crippen LogP) is 12.2. The first-order valence-corrected chi connectivity index (χ1v) is 17.8. The Morgan fingerprint density at radius 1 is 0.451 bits per heavy atom. The lowest BCUT2D eigenvalue weighted by Gasteiger charge is -2.12. The quantitative estimate of drug-likeness (QED) is 0.187. The van der Waals surface area contributed by atoms with Crippen molar-refractivity contribution in [2.24, 2.45) is 0 Å². The van der Waals surface area contributed by atoms with Gasteiger partial charge in [0.25, 0.3) is 0 Å². The Hall–Kier alpha value is -6.63. The molecule has 51 heavy (non-hydrogen) atoms. The second-order valence-electron chi connectivity index (χ2n) is 12.8. The molecule has 7 aromatic carbocycles. The summed E-state index contributed by atoms with van der Waals surface area (Å²) in [7, 11) is 0. The molecular formula is C45H26N4OS. The maximum absolute atomic E-state index is 6.84. The van der Waals surface area contributed by atoms with Gasteiger partial charge in [-0.2, -0.15) is 0 Å². The summed E-state index contributed by atoms with van der Waals surface area (Å²) >= 11 is 1.86. The number of nitrogens with zero attached hydrogens (tertiary/aromatic N) is 4. The van der Waals surface area contributed by atoms with Crippen molar-refractivity contribution in [3.05, 3.63) is 158 Å². The molecular weight excluding hydrogens is 645 g/mol. The average Bonchev–Trinajstić information content (AvgIpc) is 3.88. The molecule has 0 atom stereocenters. The SMILES string of the molecule is c1ccc(-c2nc(-c3ccccc3)nc(-c3ccc(-n4c5ccccc5c5c6sc7ccccc7c6ccc54)c4oc5ccccc5c34)n2)cc1. The van der Waals surface area contributed by atoms with Gasteiger partial charge in [-0.05, 0) is 36.4 Å². The highest BCUT2D eigenvalue weighted by atomic mass is 32.1. The topological polar surface area (TPSA) is 56.7 Å². The van der Waals surface area contributed by atoms with Gasteiger partial charge in [0.1, 0.15) is 5.58 Å². The fourth-order valence-corrected chi connectivity index (χ4v) is 8.86. The zero-order chi connectivity index (χ0) is 33.5. The molecule has 4 heterocycles. The molecule has 0 unspecified atom stereocenters. The van der Waals surface area contributed by atoms with Gasteiger partial charge < -0.3 is 8.98 Å². The van der Waals surface area contributed by atoms with Crippen LogP contribution >= 0.6 is 11.3 Å². The maximum atomic E-state index is 6.84. The minimum absolute atomic E-state index is 0.597. The van der Waals surface area contributed by atoms with Crippen molar-refractivity contribution in [1.29, 1.82) is 0 Å². The zero-order valence-electron chi connectivity index (χ0n) is 27.1. The third-order valence-corrected chi connectivity index (χ3v) is 11.1. The van der Waals surface area contributed by atoms with Crippen molar-refractivity contribution >= 4 is 75.3 Å². The van der Waals surface area contributed by atoms with Gasteiger partial charge in [-0.25, -0.2) is 15.0 Å². The van der Waals surface area contributed by atoms with Crippen molar-refractivity contribution < 1.29 is 4.42 Å². The molecule has 0 spiro atoms. The molecule has 0 aliphatic carbocycles. The zero-order valence-corrected chi connectivity index (χ0v) is 27.9. The molecule has 11 rings (SSSR count). The van der Waals surface area contributed by atoms with Crippen LogP contribution in [0.25, 0.3) is 104 Å². The summed E-state index contributed by atoms with van der Waals surface area (Å²) in [6.07, 6.45) is 0. The molecule has 0 bridgehead atoms. The molecule has 238 valence electrons. The van der Waals surface area contributed by atoms with E-state index < -0.39 is 0 Å². The Labute approximate surface area is 295 Å². The van der Waals surface area contributed by atoms with E-state index in [0.717, 1.165) is 55.3 Å². The van der Waals surface area contributed by atoms with Gasteiger partial charge in [-0.1, -0.05) is 121 Å². The smallest absolute Gasteiger partial charge is 0.164 e. The first kappa shape index (κ1) is 28.2. The Morgan fingerprint density at radius 3 is 1.84 bits per heavy atom. The summed E-state index contributed by atoms with van der Waals surface area (Å²) in [5.74, 6) is 1.85. The number of para-hydroxylation sites is 2. The summed E-state index contributed by atoms with van der Waals surface area (Å²) in [6, 6.07) is 54.7. The summed E-state index contributed by atoms with van der Waals surface area (Å²) in [5, 5.41) is 7.04. The highest BCUT2D eigenvalue weighted by molar-refractivity contribution is 7.26. The maximum Gasteiger partial charge on any atom is 0.164 e. The molecule has 0 fully saturated rings. The number of fused-ring (bicyclic) bond motifs is 10. The Bertz CT molecular complexity index is 3080. The minimum Gasteiger partial charge on any atom is -0.454 e. The van der Waals surface area contributed by atoms with Gasteiger partial charge in [-0.3, -0.25) is 0 Å². The number of benzene rings is 7. The first-order chi connectivity index (χ1) is 25.3. The molecule has 0 N–H and O–H groups in total. The van der Waals surface area contributed by atoms with Gasteiger partial charge in [0.2, 0.25) is 0 Å². The van der Waals surface area contributed by atoms with Crippen LogP contribution in [0.1, 0.15) is 0 Å². The fourth-order valence-electron chi connectivity index (χ4n) is 7.60. The third kappa shape index (κ3) is 4.24. The molecule has 0 radical (unpaired) electrons. The van der Waals surface area contributed by atoms with Crippen LogP contribution in [0.4, 0.5) is 0 Å². The minimum atomic E-state index is 0.597. The lowest BCUT2D eigenvalue weighted by molar-refractivity contribution is 0.666. The van der Waals surface area contributed by atoms with E-state index >= 15 is 0 Å². The van der Waals surface area contributed by atoms with Crippen LogP contribution in [-0.4, -0.2) is 19.5 Å². The second kappa shape index (κ2) is 10.9. The van der Waals surface area contributed by atoms with Gasteiger partial charge in [0.05, 0.1) is 16.7 Å². The van der Waals surface area contributed by atoms with Crippen molar-refractivity contribution in [3.63, 3.8) is 0 Å². The van der Waals surface area contributed by atoms with E-state index in [-0.39, 0.29) is 0 Å². The molecule has 0 aliphatic heterocycles. The first-order valence-electron chi connectivity index (χ1n) is 17.0. The van der Waals surface area contributed by atoms with E-state index in [2.05, 4.69) is 89.5 Å². The van der Waals surface area contributed by atoms with E-state index in [1.165, 1.54) is 30.9 Å². The van der Waals surface area contributed by atoms with E-state index in [1.807, 2.05) is 84.1 Å². The molecule has 5 nitrogen and oxygen atoms in total. The summed E-state index contributed by atoms with van der Waals surface area (Å²) in [4.78, 5) is 15.2.